The second-order valence-corrected chi connectivity index (χ2v) is 17.2. The number of aromatic nitrogens is 4. The number of likely N-dealkylation sites (tertiary alicyclic amines) is 2. The van der Waals surface area contributed by atoms with Crippen molar-refractivity contribution >= 4 is 47.2 Å². The van der Waals surface area contributed by atoms with Crippen molar-refractivity contribution in [3.05, 3.63) is 70.5 Å². The molecule has 60 heavy (non-hydrogen) atoms. The summed E-state index contributed by atoms with van der Waals surface area (Å²) < 4.78 is 15.2. The maximum Gasteiger partial charge on any atom is 0.407 e. The van der Waals surface area contributed by atoms with Crippen LogP contribution in [0.25, 0.3) is 33.6 Å². The van der Waals surface area contributed by atoms with Gasteiger partial charge in [-0.3, -0.25) is 9.59 Å². The van der Waals surface area contributed by atoms with Gasteiger partial charge in [-0.1, -0.05) is 78.7 Å². The zero-order valence-corrected chi connectivity index (χ0v) is 35.1. The second-order valence-electron chi connectivity index (χ2n) is 16.5. The number of amides is 4. The summed E-state index contributed by atoms with van der Waals surface area (Å²) in [7, 11) is 2.58. The summed E-state index contributed by atoms with van der Waals surface area (Å²) in [5, 5.41) is 6.15. The molecule has 4 amide bonds. The van der Waals surface area contributed by atoms with Gasteiger partial charge in [-0.25, -0.2) is 19.6 Å². The molecule has 4 N–H and O–H groups in total. The summed E-state index contributed by atoms with van der Waals surface area (Å²) in [4.78, 5) is 72.2. The van der Waals surface area contributed by atoms with Crippen LogP contribution in [0.4, 0.5) is 9.59 Å². The number of fused-ring (bicyclic) bond motifs is 2. The minimum absolute atomic E-state index is 0.0545. The lowest BCUT2D eigenvalue weighted by molar-refractivity contribution is -0.138. The van der Waals surface area contributed by atoms with Crippen molar-refractivity contribution in [2.24, 2.45) is 17.8 Å². The third kappa shape index (κ3) is 7.60. The van der Waals surface area contributed by atoms with Gasteiger partial charge >= 0.3 is 12.2 Å². The third-order valence-electron chi connectivity index (χ3n) is 13.0. The van der Waals surface area contributed by atoms with E-state index in [1.807, 2.05) is 65.3 Å². The van der Waals surface area contributed by atoms with Crippen LogP contribution in [0, 0.1) is 17.8 Å². The molecular formula is C43H48Cl2N8O7. The minimum Gasteiger partial charge on any atom is -0.453 e. The van der Waals surface area contributed by atoms with Crippen LogP contribution in [0.5, 0.6) is 0 Å². The Bertz CT molecular complexity index is 2280. The average molecular weight is 860 g/mol. The van der Waals surface area contributed by atoms with E-state index in [-0.39, 0.29) is 41.9 Å². The Kier molecular flexibility index (Phi) is 11.0. The highest BCUT2D eigenvalue weighted by Crippen LogP contribution is 2.55. The summed E-state index contributed by atoms with van der Waals surface area (Å²) in [5.41, 5.74) is 5.04. The molecule has 4 aromatic rings. The molecule has 2 aromatic heterocycles. The zero-order valence-electron chi connectivity index (χ0n) is 33.6. The molecule has 316 valence electrons. The van der Waals surface area contributed by atoms with Gasteiger partial charge in [-0.05, 0) is 73.8 Å². The van der Waals surface area contributed by atoms with E-state index in [0.29, 0.717) is 77.7 Å². The van der Waals surface area contributed by atoms with Crippen LogP contribution in [-0.2, 0) is 23.8 Å². The number of imidazole rings is 2. The minimum atomic E-state index is -0.716. The van der Waals surface area contributed by atoms with E-state index in [1.165, 1.54) is 14.2 Å². The molecule has 0 bridgehead atoms. The number of carbonyl (C=O) groups excluding carboxylic acids is 4. The number of nitrogens with zero attached hydrogens (tertiary/aromatic N) is 4. The van der Waals surface area contributed by atoms with Crippen LogP contribution >= 0.6 is 23.2 Å². The van der Waals surface area contributed by atoms with E-state index < -0.39 is 24.3 Å². The van der Waals surface area contributed by atoms with Gasteiger partial charge in [-0.2, -0.15) is 0 Å². The molecule has 0 spiro atoms. The molecule has 0 unspecified atom stereocenters. The molecule has 5 aliphatic rings. The van der Waals surface area contributed by atoms with Crippen LogP contribution in [0.3, 0.4) is 0 Å². The number of alkyl carbamates (subject to hydrolysis) is 2. The summed E-state index contributed by atoms with van der Waals surface area (Å²) in [6.07, 6.45) is 3.95. The molecule has 8 atom stereocenters. The molecule has 15 nitrogen and oxygen atoms in total. The normalized spacial score (nSPS) is 25.2. The van der Waals surface area contributed by atoms with E-state index in [1.54, 1.807) is 0 Å². The Morgan fingerprint density at radius 3 is 1.63 bits per heavy atom. The number of H-pyrrole nitrogens is 2. The molecule has 5 fully saturated rings. The lowest BCUT2D eigenvalue weighted by atomic mass is 9.90. The Labute approximate surface area is 357 Å². The number of ether oxygens (including phenoxy) is 3. The van der Waals surface area contributed by atoms with Gasteiger partial charge in [0.15, 0.2) is 10.3 Å². The van der Waals surface area contributed by atoms with Gasteiger partial charge < -0.3 is 44.6 Å². The molecule has 2 aliphatic carbocycles. The van der Waals surface area contributed by atoms with Gasteiger partial charge in [0.1, 0.15) is 23.7 Å². The smallest absolute Gasteiger partial charge is 0.407 e. The average Bonchev–Trinajstić information content (AvgIpc) is 3.98. The maximum absolute atomic E-state index is 14.2. The molecule has 0 radical (unpaired) electrons. The van der Waals surface area contributed by atoms with Crippen molar-refractivity contribution < 1.29 is 33.4 Å². The SMILES string of the molecule is CC[C@H](NC(=O)OC)C(=O)N1[C@@H]2C[C@@H]2C[C@H]1c1nc(Cl)c(-c2ccc(-c3ccc(-c4[nH]c([C@@H]5C[C@H]6C[C@H]6N5C(=O)[C@@H](NC(=O)OC)C5CCOCC5)nc4Cl)cc3)cc2)[nH]1. The standard InChI is InChI=1S/C43H48Cl2N8O7/c1-4-28(46-42(56)58-2)40(54)52-29-17-26(29)19-31(52)38-47-33(36(44)50-38)23-9-5-21(6-10-23)22-7-11-24(12-8-22)34-37(45)51-39(48-34)32-20-27-18-30(27)53(32)41(55)35(49-43(57)59-3)25-13-15-60-16-14-25/h5-12,25-32,35H,4,13-20H2,1-3H3,(H,46,56)(H,47,50)(H,48,51)(H,49,57)/t26-,27-,28+,29-,30-,31+,32+,35+/m1/s1. The fraction of sp³-hybridized carbons (Fsp3) is 0.488. The van der Waals surface area contributed by atoms with Crippen LogP contribution in [-0.4, -0.2) is 105 Å². The summed E-state index contributed by atoms with van der Waals surface area (Å²) in [5.74, 6) is 1.71. The molecular weight excluding hydrogens is 811 g/mol. The number of piperidine rings is 2. The van der Waals surface area contributed by atoms with E-state index in [2.05, 4.69) is 25.6 Å². The van der Waals surface area contributed by atoms with E-state index in [4.69, 9.17) is 42.4 Å². The molecule has 2 aromatic carbocycles. The quantitative estimate of drug-likeness (QED) is 0.123. The largest absolute Gasteiger partial charge is 0.453 e. The summed E-state index contributed by atoms with van der Waals surface area (Å²) in [6, 6.07) is 14.3. The highest BCUT2D eigenvalue weighted by atomic mass is 35.5. The molecule has 3 aliphatic heterocycles. The fourth-order valence-corrected chi connectivity index (χ4v) is 10.1. The van der Waals surface area contributed by atoms with E-state index in [0.717, 1.165) is 47.9 Å². The lowest BCUT2D eigenvalue weighted by Crippen LogP contribution is -2.54. The van der Waals surface area contributed by atoms with E-state index >= 15 is 0 Å². The van der Waals surface area contributed by atoms with Crippen LogP contribution in [0.15, 0.2) is 48.5 Å². The van der Waals surface area contributed by atoms with Crippen LogP contribution in [0.2, 0.25) is 10.3 Å². The highest BCUT2D eigenvalue weighted by Gasteiger charge is 2.57. The van der Waals surface area contributed by atoms with Gasteiger partial charge in [0.2, 0.25) is 11.8 Å². The fourth-order valence-electron chi connectivity index (χ4n) is 9.63. The zero-order chi connectivity index (χ0) is 41.8. The van der Waals surface area contributed by atoms with Crippen molar-refractivity contribution in [2.75, 3.05) is 27.4 Å². The van der Waals surface area contributed by atoms with Crippen LogP contribution in [0.1, 0.15) is 75.6 Å². The molecule has 2 saturated carbocycles. The Morgan fingerprint density at radius 2 is 1.17 bits per heavy atom. The van der Waals surface area contributed by atoms with E-state index in [9.17, 15) is 19.2 Å². The van der Waals surface area contributed by atoms with Gasteiger partial charge in [0.25, 0.3) is 0 Å². The number of hydrogen-bond acceptors (Lipinski definition) is 9. The van der Waals surface area contributed by atoms with Gasteiger partial charge in [0.05, 0.1) is 37.7 Å². The number of aromatic amines is 2. The lowest BCUT2D eigenvalue weighted by Gasteiger charge is -2.35. The second kappa shape index (κ2) is 16.4. The predicted molar refractivity (Wildman–Crippen MR) is 222 cm³/mol. The number of halogens is 2. The highest BCUT2D eigenvalue weighted by molar-refractivity contribution is 6.32. The first-order chi connectivity index (χ1) is 29.1. The van der Waals surface area contributed by atoms with Gasteiger partial charge in [-0.15, -0.1) is 0 Å². The van der Waals surface area contributed by atoms with Crippen LogP contribution < -0.4 is 10.6 Å². The number of hydrogen-bond donors (Lipinski definition) is 4. The predicted octanol–water partition coefficient (Wildman–Crippen LogP) is 7.05. The molecule has 17 heteroatoms. The summed E-state index contributed by atoms with van der Waals surface area (Å²) >= 11 is 13.5. The number of carbonyl (C=O) groups is 4. The Hall–Kier alpha value is -5.12. The third-order valence-corrected chi connectivity index (χ3v) is 13.6. The van der Waals surface area contributed by atoms with Gasteiger partial charge in [0, 0.05) is 36.4 Å². The number of benzene rings is 2. The number of methoxy groups -OCH3 is 2. The van der Waals surface area contributed by atoms with Crippen molar-refractivity contribution in [2.45, 2.75) is 88.1 Å². The van der Waals surface area contributed by atoms with Crippen molar-refractivity contribution in [1.29, 1.82) is 0 Å². The van der Waals surface area contributed by atoms with Crippen molar-refractivity contribution in [3.8, 4) is 33.6 Å². The molecule has 9 rings (SSSR count). The molecule has 5 heterocycles. The molecule has 3 saturated heterocycles. The maximum atomic E-state index is 14.2. The van der Waals surface area contributed by atoms with Crippen molar-refractivity contribution in [3.63, 3.8) is 0 Å². The number of nitrogens with one attached hydrogen (secondary N) is 4. The number of rotatable bonds is 11. The van der Waals surface area contributed by atoms with Crippen molar-refractivity contribution in [1.82, 2.24) is 40.4 Å². The topological polar surface area (TPSA) is 184 Å². The first-order valence-electron chi connectivity index (χ1n) is 20.7. The first kappa shape index (κ1) is 40.3. The Morgan fingerprint density at radius 1 is 0.717 bits per heavy atom. The summed E-state index contributed by atoms with van der Waals surface area (Å²) in [6.45, 7) is 2.94. The monoisotopic (exact) mass is 858 g/mol. The first-order valence-corrected chi connectivity index (χ1v) is 21.4. The Balaban J connectivity index is 0.888.